The number of amides is 1. The number of anilines is 2. The average Bonchev–Trinajstić information content (AvgIpc) is 2.92. The molecule has 1 aromatic heterocycles. The highest BCUT2D eigenvalue weighted by molar-refractivity contribution is 6.31. The standard InChI is InChI=1S/C20H15Cl2N3O/c1-12-6-8-14(10-17(12)22)24-19-15-4-2-3-5-16(15)20(26)25(19)18-9-7-13(21)11-23-18/h2-11,19,24H,1H3/t19-/m0/s1. The maximum atomic E-state index is 13.0. The Balaban J connectivity index is 1.77. The third-order valence-electron chi connectivity index (χ3n) is 4.40. The number of fused-ring (bicyclic) bond motifs is 1. The van der Waals surface area contributed by atoms with E-state index in [1.807, 2.05) is 49.4 Å². The van der Waals surface area contributed by atoms with Crippen molar-refractivity contribution in [1.82, 2.24) is 4.98 Å². The van der Waals surface area contributed by atoms with Crippen LogP contribution in [-0.2, 0) is 0 Å². The summed E-state index contributed by atoms with van der Waals surface area (Å²) in [7, 11) is 0. The first kappa shape index (κ1) is 16.9. The van der Waals surface area contributed by atoms with Crippen molar-refractivity contribution in [2.24, 2.45) is 0 Å². The second-order valence-electron chi connectivity index (χ2n) is 6.11. The quantitative estimate of drug-likeness (QED) is 0.652. The lowest BCUT2D eigenvalue weighted by molar-refractivity contribution is 0.0992. The van der Waals surface area contributed by atoms with Crippen LogP contribution in [0.5, 0.6) is 0 Å². The number of pyridine rings is 1. The number of carbonyl (C=O) groups is 1. The molecule has 2 heterocycles. The Bertz CT molecular complexity index is 989. The van der Waals surface area contributed by atoms with Crippen molar-refractivity contribution in [3.63, 3.8) is 0 Å². The Morgan fingerprint density at radius 3 is 2.62 bits per heavy atom. The molecule has 0 saturated heterocycles. The minimum absolute atomic E-state index is 0.105. The second-order valence-corrected chi connectivity index (χ2v) is 6.95. The van der Waals surface area contributed by atoms with E-state index in [1.165, 1.54) is 6.20 Å². The number of hydrogen-bond donors (Lipinski definition) is 1. The molecule has 3 aromatic rings. The first-order chi connectivity index (χ1) is 12.5. The maximum Gasteiger partial charge on any atom is 0.261 e. The lowest BCUT2D eigenvalue weighted by Crippen LogP contribution is -2.32. The van der Waals surface area contributed by atoms with Crippen LogP contribution in [0.25, 0.3) is 0 Å². The molecule has 4 rings (SSSR count). The van der Waals surface area contributed by atoms with Crippen LogP contribution >= 0.6 is 23.2 Å². The molecule has 1 atom stereocenters. The molecule has 0 aliphatic carbocycles. The molecule has 4 nitrogen and oxygen atoms in total. The number of nitrogens with one attached hydrogen (secondary N) is 1. The van der Waals surface area contributed by atoms with Crippen LogP contribution in [0.4, 0.5) is 11.5 Å². The molecule has 1 amide bonds. The molecule has 1 N–H and O–H groups in total. The zero-order chi connectivity index (χ0) is 18.3. The average molecular weight is 384 g/mol. The number of nitrogens with zero attached hydrogens (tertiary/aromatic N) is 2. The summed E-state index contributed by atoms with van der Waals surface area (Å²) in [4.78, 5) is 18.9. The van der Waals surface area contributed by atoms with Gasteiger partial charge in [-0.25, -0.2) is 4.98 Å². The van der Waals surface area contributed by atoms with Gasteiger partial charge in [-0.1, -0.05) is 47.5 Å². The van der Waals surface area contributed by atoms with Gasteiger partial charge in [-0.3, -0.25) is 9.69 Å². The van der Waals surface area contributed by atoms with Gasteiger partial charge in [-0.2, -0.15) is 0 Å². The lowest BCUT2D eigenvalue weighted by atomic mass is 10.1. The molecule has 26 heavy (non-hydrogen) atoms. The molecule has 0 fully saturated rings. The fourth-order valence-electron chi connectivity index (χ4n) is 3.05. The fraction of sp³-hybridized carbons (Fsp3) is 0.100. The van der Waals surface area contributed by atoms with Crippen molar-refractivity contribution in [1.29, 1.82) is 0 Å². The topological polar surface area (TPSA) is 45.2 Å². The molecule has 130 valence electrons. The number of carbonyl (C=O) groups excluding carboxylic acids is 1. The van der Waals surface area contributed by atoms with Crippen molar-refractivity contribution in [3.05, 3.63) is 87.5 Å². The zero-order valence-electron chi connectivity index (χ0n) is 13.9. The first-order valence-corrected chi connectivity index (χ1v) is 8.87. The third-order valence-corrected chi connectivity index (χ3v) is 5.03. The molecule has 1 aliphatic rings. The van der Waals surface area contributed by atoms with E-state index < -0.39 is 0 Å². The van der Waals surface area contributed by atoms with Gasteiger partial charge in [0.1, 0.15) is 12.0 Å². The number of aromatic nitrogens is 1. The molecule has 0 spiro atoms. The van der Waals surface area contributed by atoms with Crippen molar-refractivity contribution in [2.75, 3.05) is 10.2 Å². The molecule has 6 heteroatoms. The predicted molar refractivity (Wildman–Crippen MR) is 105 cm³/mol. The van der Waals surface area contributed by atoms with Gasteiger partial charge in [0, 0.05) is 28.0 Å². The third kappa shape index (κ3) is 2.91. The highest BCUT2D eigenvalue weighted by Crippen LogP contribution is 2.37. The van der Waals surface area contributed by atoms with Crippen LogP contribution in [0.3, 0.4) is 0 Å². The van der Waals surface area contributed by atoms with Gasteiger partial charge >= 0.3 is 0 Å². The van der Waals surface area contributed by atoms with Crippen molar-refractivity contribution >= 4 is 40.6 Å². The van der Waals surface area contributed by atoms with E-state index in [-0.39, 0.29) is 12.1 Å². The normalized spacial score (nSPS) is 15.9. The highest BCUT2D eigenvalue weighted by Gasteiger charge is 2.38. The van der Waals surface area contributed by atoms with Gasteiger partial charge in [0.05, 0.1) is 5.02 Å². The Labute approximate surface area is 161 Å². The minimum Gasteiger partial charge on any atom is -0.361 e. The molecular weight excluding hydrogens is 369 g/mol. The van der Waals surface area contributed by atoms with Crippen LogP contribution in [0.15, 0.2) is 60.8 Å². The van der Waals surface area contributed by atoms with Gasteiger partial charge in [0.15, 0.2) is 0 Å². The van der Waals surface area contributed by atoms with E-state index in [1.54, 1.807) is 17.0 Å². The van der Waals surface area contributed by atoms with Gasteiger partial charge in [-0.15, -0.1) is 0 Å². The van der Waals surface area contributed by atoms with Gasteiger partial charge in [0.25, 0.3) is 5.91 Å². The summed E-state index contributed by atoms with van der Waals surface area (Å²) in [6.07, 6.45) is 1.15. The number of benzene rings is 2. The van der Waals surface area contributed by atoms with E-state index in [0.29, 0.717) is 21.4 Å². The van der Waals surface area contributed by atoms with Crippen LogP contribution in [0.2, 0.25) is 10.0 Å². The summed E-state index contributed by atoms with van der Waals surface area (Å²) >= 11 is 12.2. The Morgan fingerprint density at radius 2 is 1.88 bits per heavy atom. The molecule has 2 aromatic carbocycles. The smallest absolute Gasteiger partial charge is 0.261 e. The van der Waals surface area contributed by atoms with Gasteiger partial charge < -0.3 is 5.32 Å². The van der Waals surface area contributed by atoms with Crippen molar-refractivity contribution in [2.45, 2.75) is 13.1 Å². The van der Waals surface area contributed by atoms with Gasteiger partial charge in [0.2, 0.25) is 0 Å². The number of rotatable bonds is 3. The summed E-state index contributed by atoms with van der Waals surface area (Å²) in [5.41, 5.74) is 3.37. The summed E-state index contributed by atoms with van der Waals surface area (Å²) in [5, 5.41) is 4.60. The number of aryl methyl sites for hydroxylation is 1. The van der Waals surface area contributed by atoms with Gasteiger partial charge in [-0.05, 0) is 42.8 Å². The fourth-order valence-corrected chi connectivity index (χ4v) is 3.34. The van der Waals surface area contributed by atoms with E-state index >= 15 is 0 Å². The van der Waals surface area contributed by atoms with E-state index in [4.69, 9.17) is 23.2 Å². The SMILES string of the molecule is Cc1ccc(N[C@@H]2c3ccccc3C(=O)N2c2ccc(Cl)cn2)cc1Cl. The van der Waals surface area contributed by atoms with Crippen LogP contribution in [0.1, 0.15) is 27.7 Å². The predicted octanol–water partition coefficient (Wildman–Crippen LogP) is 5.47. The largest absolute Gasteiger partial charge is 0.361 e. The summed E-state index contributed by atoms with van der Waals surface area (Å²) in [6.45, 7) is 1.95. The Kier molecular flexibility index (Phi) is 4.31. The Hall–Kier alpha value is -2.56. The highest BCUT2D eigenvalue weighted by atomic mass is 35.5. The number of hydrogen-bond acceptors (Lipinski definition) is 3. The van der Waals surface area contributed by atoms with Crippen molar-refractivity contribution in [3.8, 4) is 0 Å². The van der Waals surface area contributed by atoms with E-state index in [2.05, 4.69) is 10.3 Å². The van der Waals surface area contributed by atoms with E-state index in [0.717, 1.165) is 16.8 Å². The molecule has 0 radical (unpaired) electrons. The Morgan fingerprint density at radius 1 is 1.08 bits per heavy atom. The zero-order valence-corrected chi connectivity index (χ0v) is 15.4. The van der Waals surface area contributed by atoms with Crippen LogP contribution < -0.4 is 10.2 Å². The molecule has 0 unspecified atom stereocenters. The summed E-state index contributed by atoms with van der Waals surface area (Å²) in [5.74, 6) is 0.428. The van der Waals surface area contributed by atoms with Crippen LogP contribution in [0, 0.1) is 6.92 Å². The van der Waals surface area contributed by atoms with Crippen LogP contribution in [-0.4, -0.2) is 10.9 Å². The minimum atomic E-state index is -0.383. The molecular formula is C20H15Cl2N3O. The molecule has 1 aliphatic heterocycles. The number of halogens is 2. The summed E-state index contributed by atoms with van der Waals surface area (Å²) in [6, 6.07) is 16.7. The second kappa shape index (κ2) is 6.63. The van der Waals surface area contributed by atoms with E-state index in [9.17, 15) is 4.79 Å². The monoisotopic (exact) mass is 383 g/mol. The molecule has 0 saturated carbocycles. The van der Waals surface area contributed by atoms with Crippen molar-refractivity contribution < 1.29 is 4.79 Å². The molecule has 0 bridgehead atoms. The lowest BCUT2D eigenvalue weighted by Gasteiger charge is -2.26. The maximum absolute atomic E-state index is 13.0. The first-order valence-electron chi connectivity index (χ1n) is 8.11. The summed E-state index contributed by atoms with van der Waals surface area (Å²) < 4.78 is 0.